The molecule has 0 heterocycles. The molecule has 0 unspecified atom stereocenters. The largest absolute Gasteiger partial charge is 0.350 e. The molecular formula is C33H41FN2O2. The van der Waals surface area contributed by atoms with Crippen molar-refractivity contribution in [1.82, 2.24) is 10.2 Å². The molecule has 1 atom stereocenters. The van der Waals surface area contributed by atoms with E-state index in [1.165, 1.54) is 17.7 Å². The topological polar surface area (TPSA) is 49.4 Å². The molecule has 0 aromatic heterocycles. The second kappa shape index (κ2) is 12.4. The zero-order valence-electron chi connectivity index (χ0n) is 23.6. The molecule has 0 radical (unpaired) electrons. The van der Waals surface area contributed by atoms with E-state index in [-0.39, 0.29) is 36.0 Å². The predicted molar refractivity (Wildman–Crippen MR) is 152 cm³/mol. The Hall–Kier alpha value is -3.47. The molecule has 0 aliphatic rings. The third-order valence-electron chi connectivity index (χ3n) is 6.48. The maximum Gasteiger partial charge on any atom is 0.243 e. The van der Waals surface area contributed by atoms with Crippen LogP contribution in [-0.4, -0.2) is 28.3 Å². The van der Waals surface area contributed by atoms with E-state index in [0.717, 1.165) is 16.7 Å². The lowest BCUT2D eigenvalue weighted by atomic mass is 9.86. The summed E-state index contributed by atoms with van der Waals surface area (Å²) in [6.07, 6.45) is 1.22. The van der Waals surface area contributed by atoms with Gasteiger partial charge >= 0.3 is 0 Å². The van der Waals surface area contributed by atoms with E-state index in [1.54, 1.807) is 17.0 Å². The number of nitrogens with one attached hydrogen (secondary N) is 1. The minimum absolute atomic E-state index is 0.0609. The Morgan fingerprint density at radius 1 is 0.789 bits per heavy atom. The lowest BCUT2D eigenvalue weighted by molar-refractivity contribution is -0.141. The summed E-state index contributed by atoms with van der Waals surface area (Å²) in [6.45, 7) is 12.5. The van der Waals surface area contributed by atoms with Crippen molar-refractivity contribution in [1.29, 1.82) is 0 Å². The Balaban J connectivity index is 1.89. The Labute approximate surface area is 227 Å². The first kappa shape index (κ1) is 29.1. The summed E-state index contributed by atoms with van der Waals surface area (Å²) in [5.74, 6) is -0.651. The highest BCUT2D eigenvalue weighted by Gasteiger charge is 2.32. The van der Waals surface area contributed by atoms with Gasteiger partial charge in [-0.15, -0.1) is 0 Å². The Morgan fingerprint density at radius 2 is 1.37 bits per heavy atom. The van der Waals surface area contributed by atoms with Crippen LogP contribution in [0.15, 0.2) is 78.9 Å². The number of nitrogens with zero attached hydrogens (tertiary/aromatic N) is 1. The first-order valence-corrected chi connectivity index (χ1v) is 13.3. The van der Waals surface area contributed by atoms with Crippen LogP contribution in [0.2, 0.25) is 0 Å². The van der Waals surface area contributed by atoms with Crippen LogP contribution in [0.3, 0.4) is 0 Å². The summed E-state index contributed by atoms with van der Waals surface area (Å²) in [5, 5.41) is 3.07. The molecule has 2 amide bonds. The molecule has 0 saturated carbocycles. The van der Waals surface area contributed by atoms with E-state index in [2.05, 4.69) is 50.4 Å². The normalized spacial score (nSPS) is 12.6. The summed E-state index contributed by atoms with van der Waals surface area (Å²) in [4.78, 5) is 29.0. The molecule has 3 aromatic carbocycles. The smallest absolute Gasteiger partial charge is 0.243 e. The molecule has 0 aliphatic carbocycles. The number of carbonyl (C=O) groups excluding carboxylic acids is 2. The predicted octanol–water partition coefficient (Wildman–Crippen LogP) is 6.61. The molecule has 4 nitrogen and oxygen atoms in total. The second-order valence-electron chi connectivity index (χ2n) is 12.0. The van der Waals surface area contributed by atoms with E-state index in [1.807, 2.05) is 51.1 Å². The first-order valence-electron chi connectivity index (χ1n) is 13.3. The van der Waals surface area contributed by atoms with Crippen LogP contribution in [0.4, 0.5) is 4.39 Å². The third kappa shape index (κ3) is 8.83. The summed E-state index contributed by atoms with van der Waals surface area (Å²) in [5.41, 5.74) is 3.67. The fourth-order valence-corrected chi connectivity index (χ4v) is 4.36. The van der Waals surface area contributed by atoms with Crippen LogP contribution >= 0.6 is 0 Å². The summed E-state index contributed by atoms with van der Waals surface area (Å²) >= 11 is 0. The zero-order valence-corrected chi connectivity index (χ0v) is 23.6. The van der Waals surface area contributed by atoms with Crippen LogP contribution in [-0.2, 0) is 34.4 Å². The average molecular weight is 517 g/mol. The van der Waals surface area contributed by atoms with E-state index in [9.17, 15) is 14.0 Å². The maximum absolute atomic E-state index is 13.8. The summed E-state index contributed by atoms with van der Waals surface area (Å²) in [6, 6.07) is 23.5. The van der Waals surface area contributed by atoms with Crippen molar-refractivity contribution in [2.75, 3.05) is 0 Å². The quantitative estimate of drug-likeness (QED) is 0.348. The fraction of sp³-hybridized carbons (Fsp3) is 0.394. The molecule has 202 valence electrons. The van der Waals surface area contributed by atoms with Gasteiger partial charge in [0.2, 0.25) is 11.8 Å². The molecule has 0 aliphatic heterocycles. The summed E-state index contributed by atoms with van der Waals surface area (Å²) < 4.78 is 13.6. The number of hydrogen-bond acceptors (Lipinski definition) is 2. The van der Waals surface area contributed by atoms with E-state index in [4.69, 9.17) is 0 Å². The van der Waals surface area contributed by atoms with Crippen molar-refractivity contribution in [2.45, 2.75) is 84.3 Å². The van der Waals surface area contributed by atoms with Crippen molar-refractivity contribution in [3.8, 4) is 0 Å². The van der Waals surface area contributed by atoms with Gasteiger partial charge in [0.15, 0.2) is 0 Å². The van der Waals surface area contributed by atoms with Crippen molar-refractivity contribution in [2.24, 2.45) is 0 Å². The zero-order chi connectivity index (χ0) is 27.9. The number of aryl methyl sites for hydroxylation is 1. The van der Waals surface area contributed by atoms with Gasteiger partial charge in [0.1, 0.15) is 11.9 Å². The van der Waals surface area contributed by atoms with Gasteiger partial charge in [-0.1, -0.05) is 87.5 Å². The Bertz CT molecular complexity index is 1190. The number of halogens is 1. The van der Waals surface area contributed by atoms with Gasteiger partial charge in [-0.3, -0.25) is 9.59 Å². The number of benzene rings is 3. The number of amides is 2. The van der Waals surface area contributed by atoms with E-state index in [0.29, 0.717) is 12.8 Å². The highest BCUT2D eigenvalue weighted by atomic mass is 19.1. The van der Waals surface area contributed by atoms with Gasteiger partial charge in [-0.2, -0.15) is 0 Å². The molecule has 1 N–H and O–H groups in total. The molecule has 3 aromatic rings. The van der Waals surface area contributed by atoms with Gasteiger partial charge in [0, 0.05) is 24.9 Å². The fourth-order valence-electron chi connectivity index (χ4n) is 4.36. The van der Waals surface area contributed by atoms with Gasteiger partial charge in [-0.25, -0.2) is 4.39 Å². The minimum atomic E-state index is -0.711. The minimum Gasteiger partial charge on any atom is -0.350 e. The lowest BCUT2D eigenvalue weighted by Crippen LogP contribution is -2.54. The van der Waals surface area contributed by atoms with Crippen LogP contribution < -0.4 is 5.32 Å². The van der Waals surface area contributed by atoms with E-state index < -0.39 is 11.6 Å². The number of rotatable bonds is 9. The highest BCUT2D eigenvalue weighted by molar-refractivity contribution is 5.88. The Kier molecular flexibility index (Phi) is 9.48. The van der Waals surface area contributed by atoms with Gasteiger partial charge < -0.3 is 10.2 Å². The highest BCUT2D eigenvalue weighted by Crippen LogP contribution is 2.23. The maximum atomic E-state index is 13.8. The van der Waals surface area contributed by atoms with Crippen molar-refractivity contribution in [3.05, 3.63) is 107 Å². The number of carbonyl (C=O) groups is 2. The lowest BCUT2D eigenvalue weighted by Gasteiger charge is -2.34. The van der Waals surface area contributed by atoms with Crippen LogP contribution in [0, 0.1) is 5.82 Å². The van der Waals surface area contributed by atoms with E-state index >= 15 is 0 Å². The standard InChI is InChI=1S/C33H41FN2O2/c1-32(2,3)27-17-12-24(13-18-27)16-21-30(37)36(23-26-14-19-28(34)20-15-26)29(31(38)35-33(4,5)6)22-25-10-8-7-9-11-25/h7-15,17-20,29H,16,21-23H2,1-6H3,(H,35,38)/t29-/m0/s1. The molecule has 5 heteroatoms. The van der Waals surface area contributed by atoms with Crippen LogP contribution in [0.25, 0.3) is 0 Å². The van der Waals surface area contributed by atoms with Crippen molar-refractivity contribution < 1.29 is 14.0 Å². The molecular weight excluding hydrogens is 475 g/mol. The van der Waals surface area contributed by atoms with Crippen LogP contribution in [0.5, 0.6) is 0 Å². The van der Waals surface area contributed by atoms with Gasteiger partial charge in [-0.05, 0) is 67.0 Å². The monoisotopic (exact) mass is 516 g/mol. The van der Waals surface area contributed by atoms with Crippen LogP contribution in [0.1, 0.15) is 70.2 Å². The van der Waals surface area contributed by atoms with Gasteiger partial charge in [0.05, 0.1) is 0 Å². The number of hydrogen-bond donors (Lipinski definition) is 1. The van der Waals surface area contributed by atoms with Crippen molar-refractivity contribution >= 4 is 11.8 Å². The third-order valence-corrected chi connectivity index (χ3v) is 6.48. The van der Waals surface area contributed by atoms with Gasteiger partial charge in [0.25, 0.3) is 0 Å². The molecule has 3 rings (SSSR count). The Morgan fingerprint density at radius 3 is 1.92 bits per heavy atom. The first-order chi connectivity index (χ1) is 17.8. The van der Waals surface area contributed by atoms with Crippen molar-refractivity contribution in [3.63, 3.8) is 0 Å². The molecule has 0 spiro atoms. The SMILES string of the molecule is CC(C)(C)NC(=O)[C@H](Cc1ccccc1)N(Cc1ccc(F)cc1)C(=O)CCc1ccc(C(C)(C)C)cc1. The molecule has 38 heavy (non-hydrogen) atoms. The summed E-state index contributed by atoms with van der Waals surface area (Å²) in [7, 11) is 0. The second-order valence-corrected chi connectivity index (χ2v) is 12.0. The average Bonchev–Trinajstić information content (AvgIpc) is 2.85. The molecule has 0 bridgehead atoms. The molecule has 0 fully saturated rings. The molecule has 0 saturated heterocycles.